The van der Waals surface area contributed by atoms with E-state index >= 15 is 0 Å². The quantitative estimate of drug-likeness (QED) is 0.308. The van der Waals surface area contributed by atoms with Crippen molar-refractivity contribution in [3.63, 3.8) is 0 Å². The Hall–Kier alpha value is -3.87. The van der Waals surface area contributed by atoms with Gasteiger partial charge in [-0.25, -0.2) is 22.0 Å². The second-order valence-electron chi connectivity index (χ2n) is 10.6. The van der Waals surface area contributed by atoms with Gasteiger partial charge in [0.1, 0.15) is 17.5 Å². The molecule has 44 heavy (non-hydrogen) atoms. The van der Waals surface area contributed by atoms with Crippen LogP contribution in [0.1, 0.15) is 34.6 Å². The number of anilines is 2. The molecule has 3 rings (SSSR count). The number of hydrogen-bond donors (Lipinski definition) is 3. The minimum absolute atomic E-state index is 0.0881. The van der Waals surface area contributed by atoms with Crippen molar-refractivity contribution in [1.82, 2.24) is 15.1 Å². The summed E-state index contributed by atoms with van der Waals surface area (Å²) in [5.74, 6) is -1.48. The third kappa shape index (κ3) is 7.99. The van der Waals surface area contributed by atoms with Crippen molar-refractivity contribution in [3.8, 4) is 11.6 Å². The van der Waals surface area contributed by atoms with E-state index in [2.05, 4.69) is 20.5 Å². The molecular weight excluding hydrogens is 625 g/mol. The van der Waals surface area contributed by atoms with E-state index in [4.69, 9.17) is 9.47 Å². The number of carbonyl (C=O) groups excluding carboxylic acids is 2. The monoisotopic (exact) mass is 657 g/mol. The van der Waals surface area contributed by atoms with Crippen LogP contribution in [-0.4, -0.2) is 84.9 Å². The predicted molar refractivity (Wildman–Crippen MR) is 144 cm³/mol. The molecular formula is C25H32F5N5O8S. The summed E-state index contributed by atoms with van der Waals surface area (Å²) in [5, 5.41) is 18.4. The van der Waals surface area contributed by atoms with Gasteiger partial charge in [0, 0.05) is 18.4 Å². The van der Waals surface area contributed by atoms with Gasteiger partial charge < -0.3 is 24.6 Å². The highest BCUT2D eigenvalue weighted by Crippen LogP contribution is 2.41. The van der Waals surface area contributed by atoms with Crippen LogP contribution >= 0.6 is 0 Å². The summed E-state index contributed by atoms with van der Waals surface area (Å²) in [7, 11) is -4.69. The molecule has 0 radical (unpaired) electrons. The first-order chi connectivity index (χ1) is 20.2. The number of aryl methyl sites for hydroxylation is 1. The molecule has 19 heteroatoms. The molecule has 0 saturated carbocycles. The Morgan fingerprint density at radius 3 is 2.43 bits per heavy atom. The van der Waals surface area contributed by atoms with Gasteiger partial charge >= 0.3 is 12.3 Å². The molecule has 3 N–H and O–H groups in total. The maximum absolute atomic E-state index is 14.0. The van der Waals surface area contributed by atoms with Crippen LogP contribution in [-0.2, 0) is 26.1 Å². The van der Waals surface area contributed by atoms with Gasteiger partial charge in [-0.3, -0.25) is 19.1 Å². The molecule has 2 amide bonds. The number of fused-ring (bicyclic) bond motifs is 1. The van der Waals surface area contributed by atoms with E-state index in [0.717, 1.165) is 21.3 Å². The minimum atomic E-state index is -4.89. The Bertz CT molecular complexity index is 1470. The number of sulfonamides is 1. The maximum atomic E-state index is 14.0. The zero-order chi connectivity index (χ0) is 33.3. The van der Waals surface area contributed by atoms with E-state index in [1.807, 2.05) is 0 Å². The molecule has 0 aliphatic carbocycles. The average molecular weight is 658 g/mol. The maximum Gasteiger partial charge on any atom is 0.427 e. The van der Waals surface area contributed by atoms with Gasteiger partial charge in [-0.15, -0.1) is 5.10 Å². The topological polar surface area (TPSA) is 161 Å². The van der Waals surface area contributed by atoms with E-state index in [1.54, 1.807) is 6.92 Å². The summed E-state index contributed by atoms with van der Waals surface area (Å²) in [6, 6.07) is 3.51. The lowest BCUT2D eigenvalue weighted by Gasteiger charge is -2.36. The molecule has 0 fully saturated rings. The van der Waals surface area contributed by atoms with Crippen molar-refractivity contribution in [2.45, 2.75) is 76.0 Å². The number of carbonyl (C=O) groups is 2. The molecule has 1 aromatic heterocycles. The van der Waals surface area contributed by atoms with Crippen molar-refractivity contribution >= 4 is 33.4 Å². The molecule has 2 aromatic rings. The lowest BCUT2D eigenvalue weighted by atomic mass is 10.1. The number of ether oxygens (including phenoxy) is 3. The van der Waals surface area contributed by atoms with Crippen LogP contribution in [0.2, 0.25) is 0 Å². The third-order valence-corrected chi connectivity index (χ3v) is 7.91. The number of halogens is 5. The van der Waals surface area contributed by atoms with Crippen molar-refractivity contribution in [1.29, 1.82) is 0 Å². The number of nitrogens with one attached hydrogen (secondary N) is 2. The third-order valence-electron chi connectivity index (χ3n) is 6.15. The first-order valence-corrected chi connectivity index (χ1v) is 14.5. The second-order valence-corrected chi connectivity index (χ2v) is 12.4. The van der Waals surface area contributed by atoms with Gasteiger partial charge in [-0.1, -0.05) is 0 Å². The Morgan fingerprint density at radius 2 is 1.86 bits per heavy atom. The lowest BCUT2D eigenvalue weighted by Crippen LogP contribution is -2.51. The Labute approximate surface area is 249 Å². The standard InChI is InChI=1S/C25H32F5N5O8S/c1-6-34-12-18(20(33-34)41-13-19(26)27)44(39,40)35-11-15(10-31-21(36)23(2,3)38)42-17-8-7-14(9-16(17)35)32-22(37)43-24(4,5)25(28,29)30/h7-9,12,15,19,38H,6,10-11,13H2,1-5H3,(H,31,36)(H,32,37). The largest absolute Gasteiger partial charge is 0.484 e. The van der Waals surface area contributed by atoms with Crippen molar-refractivity contribution in [3.05, 3.63) is 24.4 Å². The number of benzene rings is 1. The van der Waals surface area contributed by atoms with Gasteiger partial charge in [0.15, 0.2) is 11.5 Å². The normalized spacial score (nSPS) is 15.8. The number of rotatable bonds is 11. The van der Waals surface area contributed by atoms with Crippen LogP contribution in [0.5, 0.6) is 11.6 Å². The SMILES string of the molecule is CCn1cc(S(=O)(=O)N2CC(CNC(=O)C(C)(C)O)Oc3ccc(NC(=O)OC(C)(C)C(F)(F)F)cc32)c(OCC(F)F)n1. The molecule has 0 bridgehead atoms. The van der Waals surface area contributed by atoms with E-state index in [-0.39, 0.29) is 30.2 Å². The van der Waals surface area contributed by atoms with Crippen molar-refractivity contribution in [2.75, 3.05) is 29.3 Å². The number of amides is 2. The molecule has 246 valence electrons. The lowest BCUT2D eigenvalue weighted by molar-refractivity contribution is -0.242. The van der Waals surface area contributed by atoms with Crippen LogP contribution in [0.15, 0.2) is 29.3 Å². The van der Waals surface area contributed by atoms with Crippen LogP contribution < -0.4 is 24.4 Å². The molecule has 1 aromatic carbocycles. The van der Waals surface area contributed by atoms with Gasteiger partial charge in [-0.05, 0) is 52.8 Å². The van der Waals surface area contributed by atoms with Gasteiger partial charge in [0.2, 0.25) is 5.60 Å². The van der Waals surface area contributed by atoms with Crippen molar-refractivity contribution < 1.29 is 59.3 Å². The van der Waals surface area contributed by atoms with E-state index < -0.39 is 75.9 Å². The molecule has 2 heterocycles. The van der Waals surface area contributed by atoms with Crippen LogP contribution in [0.3, 0.4) is 0 Å². The number of alkyl halides is 5. The van der Waals surface area contributed by atoms with E-state index in [1.165, 1.54) is 26.0 Å². The summed E-state index contributed by atoms with van der Waals surface area (Å²) in [6.07, 6.45) is -9.30. The molecule has 1 aliphatic rings. The van der Waals surface area contributed by atoms with Crippen LogP contribution in [0.4, 0.5) is 38.1 Å². The van der Waals surface area contributed by atoms with Crippen LogP contribution in [0.25, 0.3) is 0 Å². The molecule has 0 spiro atoms. The zero-order valence-electron chi connectivity index (χ0n) is 24.2. The van der Waals surface area contributed by atoms with Gasteiger partial charge in [-0.2, -0.15) is 13.2 Å². The Morgan fingerprint density at radius 1 is 1.20 bits per heavy atom. The number of aromatic nitrogens is 2. The molecule has 1 unspecified atom stereocenters. The summed E-state index contributed by atoms with van der Waals surface area (Å²) >= 11 is 0. The van der Waals surface area contributed by atoms with E-state index in [9.17, 15) is 45.1 Å². The highest BCUT2D eigenvalue weighted by atomic mass is 32.2. The van der Waals surface area contributed by atoms with E-state index in [0.29, 0.717) is 13.8 Å². The Balaban J connectivity index is 2.02. The smallest absolute Gasteiger partial charge is 0.427 e. The zero-order valence-corrected chi connectivity index (χ0v) is 25.1. The highest BCUT2D eigenvalue weighted by Gasteiger charge is 2.51. The van der Waals surface area contributed by atoms with Gasteiger partial charge in [0.05, 0.1) is 18.8 Å². The first kappa shape index (κ1) is 34.6. The number of hydrogen-bond acceptors (Lipinski definition) is 9. The summed E-state index contributed by atoms with van der Waals surface area (Å²) in [6.45, 7) is 3.59. The fourth-order valence-corrected chi connectivity index (χ4v) is 5.24. The molecule has 1 aliphatic heterocycles. The van der Waals surface area contributed by atoms with Gasteiger partial charge in [0.25, 0.3) is 28.2 Å². The van der Waals surface area contributed by atoms with Crippen molar-refractivity contribution in [2.24, 2.45) is 0 Å². The summed E-state index contributed by atoms with van der Waals surface area (Å²) in [4.78, 5) is 23.9. The first-order valence-electron chi connectivity index (χ1n) is 13.0. The highest BCUT2D eigenvalue weighted by molar-refractivity contribution is 7.93. The number of aliphatic hydroxyl groups is 1. The molecule has 0 saturated heterocycles. The number of nitrogens with zero attached hydrogens (tertiary/aromatic N) is 3. The summed E-state index contributed by atoms with van der Waals surface area (Å²) in [5.41, 5.74) is -4.99. The fourth-order valence-electron chi connectivity index (χ4n) is 3.66. The summed E-state index contributed by atoms with van der Waals surface area (Å²) < 4.78 is 111. The fraction of sp³-hybridized carbons (Fsp3) is 0.560. The van der Waals surface area contributed by atoms with Crippen LogP contribution in [0, 0.1) is 0 Å². The minimum Gasteiger partial charge on any atom is -0.484 e. The average Bonchev–Trinajstić information content (AvgIpc) is 3.33. The Kier molecular flexibility index (Phi) is 9.93. The molecule has 13 nitrogen and oxygen atoms in total. The predicted octanol–water partition coefficient (Wildman–Crippen LogP) is 3.28. The molecule has 1 atom stereocenters. The second kappa shape index (κ2) is 12.6.